The summed E-state index contributed by atoms with van der Waals surface area (Å²) in [4.78, 5) is 28.5. The molecule has 0 aliphatic carbocycles. The van der Waals surface area contributed by atoms with Crippen molar-refractivity contribution in [2.45, 2.75) is 6.92 Å². The molecule has 0 radical (unpaired) electrons. The molecule has 4 aromatic rings. The second kappa shape index (κ2) is 6.27. The number of nitrogens with one attached hydrogen (secondary N) is 1. The van der Waals surface area contributed by atoms with Crippen LogP contribution in [0, 0.1) is 6.92 Å². The summed E-state index contributed by atoms with van der Waals surface area (Å²) in [5, 5.41) is 5.33. The molecule has 0 bridgehead atoms. The number of benzene rings is 2. The normalized spacial score (nSPS) is 11.0. The lowest BCUT2D eigenvalue weighted by Gasteiger charge is -2.03. The quantitative estimate of drug-likeness (QED) is 0.599. The van der Waals surface area contributed by atoms with E-state index in [-0.39, 0.29) is 5.91 Å². The zero-order valence-corrected chi connectivity index (χ0v) is 15.0. The topological polar surface area (TPSA) is 77.1 Å². The van der Waals surface area contributed by atoms with Crippen LogP contribution >= 0.6 is 11.3 Å². The third-order valence-electron chi connectivity index (χ3n) is 4.16. The van der Waals surface area contributed by atoms with E-state index < -0.39 is 5.76 Å². The summed E-state index contributed by atoms with van der Waals surface area (Å²) in [6.45, 7) is 2.01. The Kier molecular flexibility index (Phi) is 3.93. The summed E-state index contributed by atoms with van der Waals surface area (Å²) in [5.41, 5.74) is 4.12. The first-order valence-electron chi connectivity index (χ1n) is 7.95. The Balaban J connectivity index is 1.59. The molecule has 0 atom stereocenters. The molecule has 4 rings (SSSR count). The fraction of sp³-hybridized carbons (Fsp3) is 0.105. The van der Waals surface area contributed by atoms with Crippen LogP contribution in [0.3, 0.4) is 0 Å². The maximum Gasteiger partial charge on any atom is 0.419 e. The Hall–Kier alpha value is -3.19. The first-order valence-corrected chi connectivity index (χ1v) is 8.83. The Bertz CT molecular complexity index is 1190. The van der Waals surface area contributed by atoms with Gasteiger partial charge in [0, 0.05) is 29.7 Å². The molecule has 1 N–H and O–H groups in total. The molecule has 0 saturated carbocycles. The highest BCUT2D eigenvalue weighted by Crippen LogP contribution is 2.27. The summed E-state index contributed by atoms with van der Waals surface area (Å²) in [6.07, 6.45) is 0. The van der Waals surface area contributed by atoms with Gasteiger partial charge in [0.05, 0.1) is 5.52 Å². The van der Waals surface area contributed by atoms with Gasteiger partial charge in [0.15, 0.2) is 5.58 Å². The molecule has 1 amide bonds. The fourth-order valence-electron chi connectivity index (χ4n) is 2.72. The lowest BCUT2D eigenvalue weighted by atomic mass is 10.1. The zero-order chi connectivity index (χ0) is 18.3. The van der Waals surface area contributed by atoms with Crippen molar-refractivity contribution in [2.75, 3.05) is 5.32 Å². The van der Waals surface area contributed by atoms with E-state index in [0.717, 1.165) is 16.1 Å². The molecule has 26 heavy (non-hydrogen) atoms. The highest BCUT2D eigenvalue weighted by Gasteiger charge is 2.14. The van der Waals surface area contributed by atoms with Crippen LogP contribution in [-0.4, -0.2) is 15.5 Å². The molecule has 0 fully saturated rings. The van der Waals surface area contributed by atoms with Gasteiger partial charge in [-0.05, 0) is 24.6 Å². The van der Waals surface area contributed by atoms with Crippen molar-refractivity contribution in [1.29, 1.82) is 0 Å². The number of thiazole rings is 1. The van der Waals surface area contributed by atoms with Crippen molar-refractivity contribution in [2.24, 2.45) is 7.05 Å². The second-order valence-corrected chi connectivity index (χ2v) is 6.77. The van der Waals surface area contributed by atoms with E-state index in [1.165, 1.54) is 15.9 Å². The number of anilines is 1. The molecule has 2 aromatic carbocycles. The Morgan fingerprint density at radius 3 is 2.85 bits per heavy atom. The predicted octanol–water partition coefficient (Wildman–Crippen LogP) is 3.82. The van der Waals surface area contributed by atoms with Crippen LogP contribution in [0.5, 0.6) is 0 Å². The standard InChI is InChI=1S/C19H15N3O3S/c1-11-5-3-4-6-13(11)18-21-14(10-26-18)17(23)20-12-7-8-15-16(9-12)25-19(24)22(15)2/h3-10H,1-2H3,(H,20,23). The zero-order valence-electron chi connectivity index (χ0n) is 14.1. The summed E-state index contributed by atoms with van der Waals surface area (Å²) < 4.78 is 6.56. The van der Waals surface area contributed by atoms with Gasteiger partial charge in [0.2, 0.25) is 0 Å². The molecule has 2 heterocycles. The number of amides is 1. The first-order chi connectivity index (χ1) is 12.5. The van der Waals surface area contributed by atoms with Crippen molar-refractivity contribution < 1.29 is 9.21 Å². The van der Waals surface area contributed by atoms with E-state index in [0.29, 0.717) is 22.5 Å². The molecule has 2 aromatic heterocycles. The van der Waals surface area contributed by atoms with Gasteiger partial charge >= 0.3 is 5.76 Å². The van der Waals surface area contributed by atoms with Crippen molar-refractivity contribution >= 4 is 34.0 Å². The van der Waals surface area contributed by atoms with Gasteiger partial charge in [0.1, 0.15) is 10.7 Å². The van der Waals surface area contributed by atoms with Crippen LogP contribution in [0.15, 0.2) is 57.1 Å². The number of fused-ring (bicyclic) bond motifs is 1. The first kappa shape index (κ1) is 16.3. The molecule has 0 saturated heterocycles. The Morgan fingerprint density at radius 1 is 1.23 bits per heavy atom. The van der Waals surface area contributed by atoms with E-state index in [9.17, 15) is 9.59 Å². The third-order valence-corrected chi connectivity index (χ3v) is 5.04. The Morgan fingerprint density at radius 2 is 2.04 bits per heavy atom. The number of rotatable bonds is 3. The van der Waals surface area contributed by atoms with Crippen molar-refractivity contribution in [3.63, 3.8) is 0 Å². The average Bonchev–Trinajstić information content (AvgIpc) is 3.21. The largest absolute Gasteiger partial charge is 0.419 e. The number of carbonyl (C=O) groups excluding carboxylic acids is 1. The van der Waals surface area contributed by atoms with E-state index in [2.05, 4.69) is 10.3 Å². The van der Waals surface area contributed by atoms with Crippen LogP contribution in [0.25, 0.3) is 21.7 Å². The minimum atomic E-state index is -0.439. The van der Waals surface area contributed by atoms with E-state index in [4.69, 9.17) is 4.42 Å². The Labute approximate surface area is 152 Å². The SMILES string of the molecule is Cc1ccccc1-c1nc(C(=O)Nc2ccc3c(c2)oc(=O)n3C)cs1. The molecule has 0 aliphatic heterocycles. The maximum atomic E-state index is 12.5. The number of oxazole rings is 1. The van der Waals surface area contributed by atoms with Crippen LogP contribution in [-0.2, 0) is 7.05 Å². The number of carbonyl (C=O) groups is 1. The van der Waals surface area contributed by atoms with Gasteiger partial charge in [-0.1, -0.05) is 24.3 Å². The van der Waals surface area contributed by atoms with Crippen LogP contribution in [0.1, 0.15) is 16.1 Å². The van der Waals surface area contributed by atoms with E-state index >= 15 is 0 Å². The van der Waals surface area contributed by atoms with Gasteiger partial charge in [-0.2, -0.15) is 0 Å². The van der Waals surface area contributed by atoms with E-state index in [1.807, 2.05) is 31.2 Å². The number of hydrogen-bond donors (Lipinski definition) is 1. The van der Waals surface area contributed by atoms with Gasteiger partial charge in [-0.15, -0.1) is 11.3 Å². The highest BCUT2D eigenvalue weighted by atomic mass is 32.1. The third kappa shape index (κ3) is 2.82. The van der Waals surface area contributed by atoms with Crippen LogP contribution in [0.2, 0.25) is 0 Å². The number of aromatic nitrogens is 2. The van der Waals surface area contributed by atoms with Crippen molar-refractivity contribution in [3.8, 4) is 10.6 Å². The molecule has 0 aliphatic rings. The van der Waals surface area contributed by atoms with Gasteiger partial charge < -0.3 is 9.73 Å². The van der Waals surface area contributed by atoms with Crippen molar-refractivity contribution in [1.82, 2.24) is 9.55 Å². The van der Waals surface area contributed by atoms with Crippen LogP contribution in [0.4, 0.5) is 5.69 Å². The number of aryl methyl sites for hydroxylation is 2. The summed E-state index contributed by atoms with van der Waals surface area (Å²) in [7, 11) is 1.63. The molecular formula is C19H15N3O3S. The molecule has 6 nitrogen and oxygen atoms in total. The number of nitrogens with zero attached hydrogens (tertiary/aromatic N) is 2. The summed E-state index contributed by atoms with van der Waals surface area (Å²) >= 11 is 1.43. The molecular weight excluding hydrogens is 350 g/mol. The second-order valence-electron chi connectivity index (χ2n) is 5.92. The van der Waals surface area contributed by atoms with Gasteiger partial charge in [-0.3, -0.25) is 9.36 Å². The average molecular weight is 365 g/mol. The minimum absolute atomic E-state index is 0.307. The molecule has 7 heteroatoms. The number of hydrogen-bond acceptors (Lipinski definition) is 5. The maximum absolute atomic E-state index is 12.5. The fourth-order valence-corrected chi connectivity index (χ4v) is 3.61. The smallest absolute Gasteiger partial charge is 0.408 e. The summed E-state index contributed by atoms with van der Waals surface area (Å²) in [5.74, 6) is -0.746. The molecule has 0 spiro atoms. The lowest BCUT2D eigenvalue weighted by Crippen LogP contribution is -2.12. The summed E-state index contributed by atoms with van der Waals surface area (Å²) in [6, 6.07) is 13.0. The van der Waals surface area contributed by atoms with Crippen LogP contribution < -0.4 is 11.1 Å². The lowest BCUT2D eigenvalue weighted by molar-refractivity contribution is 0.102. The van der Waals surface area contributed by atoms with Crippen molar-refractivity contribution in [3.05, 3.63) is 69.7 Å². The minimum Gasteiger partial charge on any atom is -0.408 e. The van der Waals surface area contributed by atoms with Gasteiger partial charge in [0.25, 0.3) is 5.91 Å². The monoisotopic (exact) mass is 365 g/mol. The van der Waals surface area contributed by atoms with Gasteiger partial charge in [-0.25, -0.2) is 9.78 Å². The van der Waals surface area contributed by atoms with E-state index in [1.54, 1.807) is 30.6 Å². The predicted molar refractivity (Wildman–Crippen MR) is 102 cm³/mol. The molecule has 130 valence electrons. The highest BCUT2D eigenvalue weighted by molar-refractivity contribution is 7.13. The molecule has 0 unspecified atom stereocenters.